The highest BCUT2D eigenvalue weighted by Crippen LogP contribution is 2.46. The van der Waals surface area contributed by atoms with Gasteiger partial charge in [-0.15, -0.1) is 0 Å². The quantitative estimate of drug-likeness (QED) is 0.0180. The number of carbonyl (C=O) groups is 2. The molecule has 0 aliphatic carbocycles. The number of halogens is 4. The van der Waals surface area contributed by atoms with Gasteiger partial charge in [-0.3, -0.25) is 19.5 Å². The van der Waals surface area contributed by atoms with Crippen LogP contribution < -0.4 is 108 Å². The molecule has 41 heteroatoms. The third-order valence-corrected chi connectivity index (χ3v) is 30.8. The summed E-state index contributed by atoms with van der Waals surface area (Å²) in [6, 6.07) is 62.1. The Morgan fingerprint density at radius 3 is 1.15 bits per heavy atom. The number of piperazine rings is 1. The first-order valence-electron chi connectivity index (χ1n) is 46.0. The van der Waals surface area contributed by atoms with Gasteiger partial charge in [-0.2, -0.15) is 19.9 Å². The molecule has 3 aliphatic heterocycles. The number of ether oxygens (including phenoxy) is 5. The summed E-state index contributed by atoms with van der Waals surface area (Å²) in [5.41, 5.74) is 16.4. The van der Waals surface area contributed by atoms with Crippen molar-refractivity contribution >= 4 is 212 Å². The van der Waals surface area contributed by atoms with Crippen LogP contribution in [0.3, 0.4) is 0 Å². The van der Waals surface area contributed by atoms with E-state index in [-0.39, 0.29) is 5.91 Å². The molecule has 3 fully saturated rings. The number of nitrogens with two attached hydrogens (primary N) is 1. The number of nitrogens with zero attached hydrogens (tertiary/aromatic N) is 12. The maximum Gasteiger partial charge on any atom is 0.248 e. The molecule has 8 heterocycles. The predicted octanol–water partition coefficient (Wildman–Crippen LogP) is 22.1. The summed E-state index contributed by atoms with van der Waals surface area (Å²) >= 11 is 25.5. The van der Waals surface area contributed by atoms with Gasteiger partial charge in [-0.25, -0.2) is 19.9 Å². The zero-order valence-electron chi connectivity index (χ0n) is 81.8. The van der Waals surface area contributed by atoms with Crippen LogP contribution in [-0.2, 0) is 23.1 Å². The van der Waals surface area contributed by atoms with Gasteiger partial charge in [0.25, 0.3) is 0 Å². The van der Waals surface area contributed by atoms with E-state index in [9.17, 15) is 27.8 Å². The van der Waals surface area contributed by atoms with E-state index in [2.05, 4.69) is 120 Å². The summed E-state index contributed by atoms with van der Waals surface area (Å²) < 4.78 is 79.2. The summed E-state index contributed by atoms with van der Waals surface area (Å²) in [5.74, 6) is 6.29. The highest BCUT2D eigenvalue weighted by molar-refractivity contribution is 7.71. The molecule has 750 valence electrons. The van der Waals surface area contributed by atoms with Crippen LogP contribution in [0.15, 0.2) is 237 Å². The van der Waals surface area contributed by atoms with E-state index in [0.717, 1.165) is 108 Å². The van der Waals surface area contributed by atoms with Crippen molar-refractivity contribution in [2.75, 3.05) is 180 Å². The molecule has 2 amide bonds. The molecule has 0 spiro atoms. The number of piperidine rings is 2. The number of aromatic nitrogens is 9. The van der Waals surface area contributed by atoms with Gasteiger partial charge in [0.05, 0.1) is 111 Å². The number of amides is 2. The number of aryl methyl sites for hydroxylation is 1. The first kappa shape index (κ1) is 106. The topological polar surface area (TPSA) is 409 Å². The number of para-hydroxylation sites is 4. The molecular formula is C103H114Cl4N22O11P4. The van der Waals surface area contributed by atoms with Gasteiger partial charge in [0.2, 0.25) is 35.6 Å². The summed E-state index contributed by atoms with van der Waals surface area (Å²) in [6.07, 6.45) is 15.1. The zero-order valence-corrected chi connectivity index (χ0v) is 88.4. The highest BCUT2D eigenvalue weighted by Gasteiger charge is 2.31. The minimum absolute atomic E-state index is 0.117. The van der Waals surface area contributed by atoms with E-state index in [1.54, 1.807) is 131 Å². The average Bonchev–Trinajstić information content (AvgIpc) is 0.804. The van der Waals surface area contributed by atoms with Crippen molar-refractivity contribution in [3.05, 3.63) is 269 Å². The third kappa shape index (κ3) is 28.3. The minimum atomic E-state index is -2.53. The molecule has 0 atom stereocenters. The van der Waals surface area contributed by atoms with E-state index < -0.39 is 34.5 Å². The van der Waals surface area contributed by atoms with Gasteiger partial charge in [0, 0.05) is 108 Å². The number of pyridine rings is 1. The second-order valence-corrected chi connectivity index (χ2v) is 49.7. The van der Waals surface area contributed by atoms with Crippen molar-refractivity contribution in [1.82, 2.24) is 55.1 Å². The number of nitrogens with one attached hydrogen (secondary N) is 9. The Bertz CT molecular complexity index is 7140. The fraction of sp³-hybridized carbons (Fsp3) is 0.252. The van der Waals surface area contributed by atoms with E-state index >= 15 is 0 Å². The van der Waals surface area contributed by atoms with E-state index in [0.29, 0.717) is 159 Å². The van der Waals surface area contributed by atoms with Crippen LogP contribution >= 0.6 is 75.0 Å². The molecule has 14 aromatic rings. The van der Waals surface area contributed by atoms with Gasteiger partial charge in [-0.1, -0.05) is 107 Å². The Morgan fingerprint density at radius 1 is 0.403 bits per heavy atom. The molecule has 11 N–H and O–H groups in total. The molecule has 144 heavy (non-hydrogen) atoms. The van der Waals surface area contributed by atoms with Crippen LogP contribution in [0, 0.1) is 6.92 Å². The number of hydrogen-bond donors (Lipinski definition) is 10. The maximum atomic E-state index is 12.8. The lowest BCUT2D eigenvalue weighted by Gasteiger charge is -2.40. The Kier molecular flexibility index (Phi) is 35.6. The van der Waals surface area contributed by atoms with Crippen LogP contribution in [0.4, 0.5) is 104 Å². The van der Waals surface area contributed by atoms with Crippen LogP contribution in [0.25, 0.3) is 11.1 Å². The Labute approximate surface area is 857 Å². The molecule has 0 radical (unpaired) electrons. The average molecular weight is 2100 g/mol. The van der Waals surface area contributed by atoms with Crippen LogP contribution in [-0.4, -0.2) is 195 Å². The first-order valence-corrected chi connectivity index (χ1v) is 57.9. The molecule has 3 aliphatic rings. The van der Waals surface area contributed by atoms with E-state index in [1.165, 1.54) is 44.0 Å². The lowest BCUT2D eigenvalue weighted by molar-refractivity contribution is -0.125. The fourth-order valence-corrected chi connectivity index (χ4v) is 21.5. The molecule has 0 saturated carbocycles. The molecule has 9 aromatic carbocycles. The summed E-state index contributed by atoms with van der Waals surface area (Å²) in [5, 5.41) is 32.8. The van der Waals surface area contributed by atoms with Crippen LogP contribution in [0.5, 0.6) is 34.5 Å². The van der Waals surface area contributed by atoms with Gasteiger partial charge in [0.1, 0.15) is 83.2 Å². The lowest BCUT2D eigenvalue weighted by Crippen LogP contribution is -2.54. The fourth-order valence-electron chi connectivity index (χ4n) is 16.3. The number of anilines is 18. The number of methoxy groups -OCH3 is 4. The number of carbonyl (C=O) groups excluding carboxylic acids is 2. The van der Waals surface area contributed by atoms with Crippen molar-refractivity contribution in [3.63, 3.8) is 0 Å². The number of hydrogen-bond acceptors (Lipinski definition) is 31. The predicted molar refractivity (Wildman–Crippen MR) is 587 cm³/mol. The van der Waals surface area contributed by atoms with Crippen molar-refractivity contribution in [2.45, 2.75) is 45.1 Å². The molecule has 0 unspecified atom stereocenters. The molecule has 0 bridgehead atoms. The second-order valence-electron chi connectivity index (χ2n) is 35.4. The van der Waals surface area contributed by atoms with Crippen molar-refractivity contribution in [1.29, 1.82) is 0 Å². The first-order chi connectivity index (χ1) is 68.9. The van der Waals surface area contributed by atoms with Crippen molar-refractivity contribution < 1.29 is 51.5 Å². The molecule has 3 saturated heterocycles. The Balaban J connectivity index is 0.000000153. The maximum absolute atomic E-state index is 12.8. The number of benzene rings is 9. The van der Waals surface area contributed by atoms with E-state index in [4.69, 9.17) is 75.8 Å². The molecule has 5 aromatic heterocycles. The molecule has 17 rings (SSSR count). The lowest BCUT2D eigenvalue weighted by atomic mass is 9.98. The molecular weight excluding hydrogens is 1990 g/mol. The largest absolute Gasteiger partial charge is 0.495 e. The summed E-state index contributed by atoms with van der Waals surface area (Å²) in [4.78, 5) is 69.7. The zero-order chi connectivity index (χ0) is 103. The van der Waals surface area contributed by atoms with Gasteiger partial charge >= 0.3 is 0 Å². The number of primary amides is 1. The van der Waals surface area contributed by atoms with Crippen molar-refractivity contribution in [2.24, 2.45) is 5.73 Å². The van der Waals surface area contributed by atoms with E-state index in [1.807, 2.05) is 159 Å². The standard InChI is InChI=1S/C28H35ClN7O3P.C27H27ClN5O3P.C24H23ClN5O3P.C24H29ClN5O2P/c1-39-24-16-20(35-13-10-19(11-14-35)36-15-12-30-26(37)18-36)8-9-22(24)33-28-31-17-21(29)27(34-28)32-23-6-4-5-7-25(23)40(2,3)38;1-16-13-22(23(36-2)14-19(16)17-9-11-18(12-10-17)25(29)34)32-27-30-15-20(28)26(33-27)31-21-7-5-6-8-24(21)37(3,4)35;1-32-21-13-16(33-17-7-6-12-26-14-17)10-11-19(21)29-24-27-15-18(25)23(30-24)28-20-8-4-5-9-22(20)34(2,3)31;1-32-21-15-17(30-13-7-4-8-14-30)11-12-19(21)28-24-26-16-18(25)23(29-24)27-20-9-5-6-10-22(20)33(2,3)31/h4-9,16-17,19H,10-15,18H2,1-3H3,(H,30,37)(H2,31,32,33,34);5-15H,1-4H3,(H2,29,34)(H2,30,31,32,33);4-15H,1-3H3,(H2,27,28,29,30);5-6,9-12,15-16H,4,7-8,13-14H2,1-3H3,(H2,26,27,28,29). The third-order valence-electron chi connectivity index (χ3n) is 23.5. The number of rotatable bonds is 31. The Morgan fingerprint density at radius 2 is 0.778 bits per heavy atom. The Hall–Kier alpha value is -13.6. The smallest absolute Gasteiger partial charge is 0.248 e. The van der Waals surface area contributed by atoms with Gasteiger partial charge in [0.15, 0.2) is 23.3 Å². The molecule has 33 nitrogen and oxygen atoms in total. The highest BCUT2D eigenvalue weighted by atomic mass is 35.5. The van der Waals surface area contributed by atoms with Gasteiger partial charge < -0.3 is 105 Å². The monoisotopic (exact) mass is 2100 g/mol. The minimum Gasteiger partial charge on any atom is -0.495 e. The summed E-state index contributed by atoms with van der Waals surface area (Å²) in [7, 11) is -3.62. The SMILES string of the molecule is COc1cc(-c2ccc(C(N)=O)cc2)c(C)cc1Nc1ncc(Cl)c(Nc2ccccc2P(C)(C)=O)n1.COc1cc(N2CCC(N3CCNC(=O)C3)CC2)ccc1Nc1ncc(Cl)c(Nc2ccccc2P(C)(C)=O)n1.COc1cc(N2CCCCC2)ccc1Nc1ncc(Cl)c(Nc2ccccc2P(C)(C)=O)n1.COc1cc(Oc2cccnc2)ccc1Nc1ncc(Cl)c(Nc2ccccc2P(C)(C)=O)n1. The van der Waals surface area contributed by atoms with Crippen molar-refractivity contribution in [3.8, 4) is 45.6 Å². The summed E-state index contributed by atoms with van der Waals surface area (Å²) in [6.45, 7) is 21.9. The van der Waals surface area contributed by atoms with Crippen LogP contribution in [0.2, 0.25) is 20.1 Å². The van der Waals surface area contributed by atoms with Crippen LogP contribution in [0.1, 0.15) is 48.0 Å². The second kappa shape index (κ2) is 48.2. The normalized spacial score (nSPS) is 13.4. The van der Waals surface area contributed by atoms with Gasteiger partial charge in [-0.05, 0) is 230 Å².